The van der Waals surface area contributed by atoms with Gasteiger partial charge in [0.05, 0.1) is 12.1 Å². The zero-order valence-corrected chi connectivity index (χ0v) is 25.1. The van der Waals surface area contributed by atoms with Crippen molar-refractivity contribution >= 4 is 45.9 Å². The predicted octanol–water partition coefficient (Wildman–Crippen LogP) is 4.75. The van der Waals surface area contributed by atoms with Crippen molar-refractivity contribution in [2.24, 2.45) is 0 Å². The number of ether oxygens (including phenoxy) is 1. The molecule has 0 radical (unpaired) electrons. The number of aromatic nitrogens is 1. The van der Waals surface area contributed by atoms with Crippen LogP contribution in [-0.2, 0) is 6.54 Å². The summed E-state index contributed by atoms with van der Waals surface area (Å²) in [5.41, 5.74) is 4.00. The van der Waals surface area contributed by atoms with Gasteiger partial charge in [-0.15, -0.1) is 11.3 Å². The molecule has 8 nitrogen and oxygen atoms in total. The van der Waals surface area contributed by atoms with Crippen molar-refractivity contribution in [3.63, 3.8) is 0 Å². The number of anilines is 2. The predicted molar refractivity (Wildman–Crippen MR) is 167 cm³/mol. The molecular weight excluding hydrogens is 541 g/mol. The number of hydrogen-bond acceptors (Lipinski definition) is 7. The molecule has 1 N–H and O–H groups in total. The van der Waals surface area contributed by atoms with Gasteiger partial charge < -0.3 is 24.8 Å². The smallest absolute Gasteiger partial charge is 0.273 e. The molecule has 40 heavy (non-hydrogen) atoms. The number of benzene rings is 2. The highest BCUT2D eigenvalue weighted by molar-refractivity contribution is 7.80. The lowest BCUT2D eigenvalue weighted by Gasteiger charge is -2.34. The van der Waals surface area contributed by atoms with Crippen molar-refractivity contribution < 1.29 is 9.53 Å². The number of piperidine rings is 1. The first-order valence-electron chi connectivity index (χ1n) is 13.8. The van der Waals surface area contributed by atoms with Crippen LogP contribution >= 0.6 is 23.6 Å². The molecule has 0 saturated carbocycles. The van der Waals surface area contributed by atoms with E-state index < -0.39 is 0 Å². The zero-order valence-electron chi connectivity index (χ0n) is 23.5. The Bertz CT molecular complexity index is 1280. The monoisotopic (exact) mass is 578 g/mol. The number of carbonyl (C=O) groups is 1. The quantitative estimate of drug-likeness (QED) is 0.403. The second kappa shape index (κ2) is 13.0. The maximum Gasteiger partial charge on any atom is 0.273 e. The van der Waals surface area contributed by atoms with Crippen molar-refractivity contribution in [2.75, 3.05) is 70.7 Å². The van der Waals surface area contributed by atoms with E-state index in [9.17, 15) is 4.79 Å². The van der Waals surface area contributed by atoms with Crippen LogP contribution in [0.5, 0.6) is 5.75 Å². The van der Waals surface area contributed by atoms with E-state index in [2.05, 4.69) is 56.4 Å². The van der Waals surface area contributed by atoms with Crippen LogP contribution in [-0.4, -0.2) is 91.2 Å². The summed E-state index contributed by atoms with van der Waals surface area (Å²) >= 11 is 7.31. The number of methoxy groups -OCH3 is 1. The largest absolute Gasteiger partial charge is 0.497 e. The molecule has 212 valence electrons. The molecule has 0 aliphatic carbocycles. The van der Waals surface area contributed by atoms with Gasteiger partial charge >= 0.3 is 0 Å². The molecule has 10 heteroatoms. The van der Waals surface area contributed by atoms with E-state index in [1.54, 1.807) is 18.4 Å². The van der Waals surface area contributed by atoms with Crippen LogP contribution in [0.25, 0.3) is 0 Å². The fraction of sp³-hybridized carbons (Fsp3) is 0.433. The van der Waals surface area contributed by atoms with Gasteiger partial charge in [-0.3, -0.25) is 9.69 Å². The summed E-state index contributed by atoms with van der Waals surface area (Å²) in [4.78, 5) is 26.7. The molecule has 2 aromatic carbocycles. The van der Waals surface area contributed by atoms with Gasteiger partial charge in [0, 0.05) is 82.6 Å². The maximum atomic E-state index is 13.2. The number of nitrogens with zero attached hydrogens (tertiary/aromatic N) is 5. The van der Waals surface area contributed by atoms with E-state index in [-0.39, 0.29) is 5.91 Å². The Balaban J connectivity index is 1.07. The van der Waals surface area contributed by atoms with Gasteiger partial charge in [-0.05, 0) is 67.0 Å². The number of piperazine rings is 1. The number of likely N-dealkylation sites (tertiary alicyclic amines) is 1. The van der Waals surface area contributed by atoms with E-state index in [0.717, 1.165) is 85.9 Å². The number of thiocarbonyl (C=S) groups is 1. The van der Waals surface area contributed by atoms with Gasteiger partial charge in [0.2, 0.25) is 0 Å². The highest BCUT2D eigenvalue weighted by Crippen LogP contribution is 2.31. The van der Waals surface area contributed by atoms with Gasteiger partial charge in [-0.1, -0.05) is 12.1 Å². The number of hydrogen-bond donors (Lipinski definition) is 1. The van der Waals surface area contributed by atoms with E-state index in [0.29, 0.717) is 11.6 Å². The van der Waals surface area contributed by atoms with Gasteiger partial charge in [0.25, 0.3) is 5.91 Å². The summed E-state index contributed by atoms with van der Waals surface area (Å²) in [6.07, 6.45) is 1.96. The lowest BCUT2D eigenvalue weighted by atomic mass is 9.98. The lowest BCUT2D eigenvalue weighted by Crippen LogP contribution is -2.48. The molecule has 0 atom stereocenters. The first-order chi connectivity index (χ1) is 19.4. The van der Waals surface area contributed by atoms with Crippen LogP contribution < -0.4 is 15.0 Å². The van der Waals surface area contributed by atoms with Gasteiger partial charge in [0.1, 0.15) is 11.4 Å². The third-order valence-corrected chi connectivity index (χ3v) is 9.10. The summed E-state index contributed by atoms with van der Waals surface area (Å²) in [6, 6.07) is 16.5. The molecule has 3 aromatic rings. The van der Waals surface area contributed by atoms with Crippen molar-refractivity contribution in [1.29, 1.82) is 0 Å². The SMILES string of the molecule is COc1ccc(CN2CCN(C(=O)c3csc(C4CCN(C(=S)Nc5ccc(N(C)C)cc5)CC4)n3)CC2)cc1. The summed E-state index contributed by atoms with van der Waals surface area (Å²) in [5, 5.41) is 7.15. The van der Waals surface area contributed by atoms with E-state index in [1.807, 2.05) is 36.5 Å². The molecule has 2 aliphatic rings. The van der Waals surface area contributed by atoms with Crippen LogP contribution in [0.4, 0.5) is 11.4 Å². The van der Waals surface area contributed by atoms with Crippen molar-refractivity contribution in [3.05, 3.63) is 70.2 Å². The van der Waals surface area contributed by atoms with E-state index in [1.165, 1.54) is 5.56 Å². The molecule has 2 saturated heterocycles. The topological polar surface area (TPSA) is 64.2 Å². The molecule has 1 amide bonds. The molecule has 0 spiro atoms. The first kappa shape index (κ1) is 28.3. The van der Waals surface area contributed by atoms with Crippen LogP contribution in [0, 0.1) is 0 Å². The van der Waals surface area contributed by atoms with Crippen molar-refractivity contribution in [3.8, 4) is 5.75 Å². The third-order valence-electron chi connectivity index (χ3n) is 7.73. The minimum absolute atomic E-state index is 0.0506. The van der Waals surface area contributed by atoms with Crippen molar-refractivity contribution in [2.45, 2.75) is 25.3 Å². The molecule has 3 heterocycles. The molecule has 0 unspecified atom stereocenters. The van der Waals surface area contributed by atoms with Crippen LogP contribution in [0.1, 0.15) is 39.8 Å². The maximum absolute atomic E-state index is 13.2. The Labute approximate surface area is 246 Å². The minimum atomic E-state index is 0.0506. The Kier molecular flexibility index (Phi) is 9.18. The van der Waals surface area contributed by atoms with Crippen LogP contribution in [0.15, 0.2) is 53.9 Å². The average Bonchev–Trinajstić information content (AvgIpc) is 3.48. The minimum Gasteiger partial charge on any atom is -0.497 e. The Morgan fingerprint density at radius 1 is 1.00 bits per heavy atom. The highest BCUT2D eigenvalue weighted by atomic mass is 32.1. The Hall–Kier alpha value is -3.21. The number of thiazole rings is 1. The second-order valence-corrected chi connectivity index (χ2v) is 11.9. The highest BCUT2D eigenvalue weighted by Gasteiger charge is 2.28. The summed E-state index contributed by atoms with van der Waals surface area (Å²) in [5.74, 6) is 1.29. The molecule has 1 aromatic heterocycles. The summed E-state index contributed by atoms with van der Waals surface area (Å²) in [7, 11) is 5.75. The van der Waals surface area contributed by atoms with Crippen LogP contribution in [0.3, 0.4) is 0 Å². The first-order valence-corrected chi connectivity index (χ1v) is 15.1. The van der Waals surface area contributed by atoms with E-state index in [4.69, 9.17) is 21.9 Å². The molecule has 5 rings (SSSR count). The standard InChI is InChI=1S/C30H38N6O2S2/c1-33(2)25-8-6-24(7-9-25)31-30(39)36-14-12-23(13-15-36)28-32-27(21-40-28)29(37)35-18-16-34(17-19-35)20-22-4-10-26(38-3)11-5-22/h4-11,21,23H,12-20H2,1-3H3,(H,31,39). The van der Waals surface area contributed by atoms with Crippen molar-refractivity contribution in [1.82, 2.24) is 19.7 Å². The second-order valence-electron chi connectivity index (χ2n) is 10.6. The van der Waals surface area contributed by atoms with Gasteiger partial charge in [0.15, 0.2) is 5.11 Å². The average molecular weight is 579 g/mol. The fourth-order valence-electron chi connectivity index (χ4n) is 5.21. The summed E-state index contributed by atoms with van der Waals surface area (Å²) in [6.45, 7) is 5.82. The fourth-order valence-corrected chi connectivity index (χ4v) is 6.47. The Morgan fingerprint density at radius 2 is 1.68 bits per heavy atom. The van der Waals surface area contributed by atoms with Gasteiger partial charge in [-0.25, -0.2) is 4.98 Å². The summed E-state index contributed by atoms with van der Waals surface area (Å²) < 4.78 is 5.25. The number of carbonyl (C=O) groups excluding carboxylic acids is 1. The number of nitrogens with one attached hydrogen (secondary N) is 1. The van der Waals surface area contributed by atoms with Gasteiger partial charge in [-0.2, -0.15) is 0 Å². The number of amides is 1. The van der Waals surface area contributed by atoms with Crippen LogP contribution in [0.2, 0.25) is 0 Å². The normalized spacial score (nSPS) is 16.6. The van der Waals surface area contributed by atoms with E-state index >= 15 is 0 Å². The Morgan fingerprint density at radius 3 is 2.30 bits per heavy atom. The zero-order chi connectivity index (χ0) is 28.1. The molecule has 0 bridgehead atoms. The molecule has 2 aliphatic heterocycles. The molecule has 2 fully saturated rings. The molecular formula is C30H38N6O2S2. The number of rotatable bonds is 7. The lowest BCUT2D eigenvalue weighted by molar-refractivity contribution is 0.0623. The third kappa shape index (κ3) is 6.92.